The Hall–Kier alpha value is -2.73. The van der Waals surface area contributed by atoms with Crippen LogP contribution in [0, 0.1) is 5.92 Å². The minimum Gasteiger partial charge on any atom is -0.341 e. The number of likely N-dealkylation sites (tertiary alicyclic amines) is 2. The summed E-state index contributed by atoms with van der Waals surface area (Å²) in [6.45, 7) is 5.74. The standard InChI is InChI=1S/C26H33N5O/c1-20(26(32)30-15-10-22(11-16-30)19-21-7-3-2-4-8-21)29-17-12-23(13-18-29)25-28-27-24-9-5-6-14-31(24)25/h2-9,14,20,22-23H,10-13,15-19H2,1H3. The largest absolute Gasteiger partial charge is 0.341 e. The van der Waals surface area contributed by atoms with Gasteiger partial charge in [-0.25, -0.2) is 0 Å². The summed E-state index contributed by atoms with van der Waals surface area (Å²) >= 11 is 0. The molecule has 1 atom stereocenters. The van der Waals surface area contributed by atoms with E-state index in [9.17, 15) is 4.79 Å². The van der Waals surface area contributed by atoms with E-state index in [0.29, 0.717) is 17.7 Å². The van der Waals surface area contributed by atoms with Crippen LogP contribution in [0.5, 0.6) is 0 Å². The number of rotatable bonds is 5. The van der Waals surface area contributed by atoms with Crippen LogP contribution in [0.4, 0.5) is 0 Å². The maximum Gasteiger partial charge on any atom is 0.239 e. The van der Waals surface area contributed by atoms with Gasteiger partial charge < -0.3 is 4.90 Å². The van der Waals surface area contributed by atoms with Crippen LogP contribution in [0.3, 0.4) is 0 Å². The van der Waals surface area contributed by atoms with Gasteiger partial charge >= 0.3 is 0 Å². The molecule has 2 saturated heterocycles. The third-order valence-electron chi connectivity index (χ3n) is 7.43. The summed E-state index contributed by atoms with van der Waals surface area (Å²) in [5.74, 6) is 2.44. The fraction of sp³-hybridized carbons (Fsp3) is 0.500. The molecule has 2 aromatic heterocycles. The zero-order valence-electron chi connectivity index (χ0n) is 18.9. The molecular formula is C26H33N5O. The van der Waals surface area contributed by atoms with Gasteiger partial charge in [0.15, 0.2) is 5.65 Å². The molecular weight excluding hydrogens is 398 g/mol. The van der Waals surface area contributed by atoms with Gasteiger partial charge in [0.1, 0.15) is 5.82 Å². The van der Waals surface area contributed by atoms with Crippen LogP contribution < -0.4 is 0 Å². The average molecular weight is 432 g/mol. The molecule has 4 heterocycles. The van der Waals surface area contributed by atoms with E-state index in [-0.39, 0.29) is 6.04 Å². The summed E-state index contributed by atoms with van der Waals surface area (Å²) in [6, 6.07) is 16.7. The van der Waals surface area contributed by atoms with Crippen molar-refractivity contribution < 1.29 is 4.79 Å². The summed E-state index contributed by atoms with van der Waals surface area (Å²) in [4.78, 5) is 17.7. The highest BCUT2D eigenvalue weighted by Crippen LogP contribution is 2.29. The van der Waals surface area contributed by atoms with Gasteiger partial charge in [-0.3, -0.25) is 14.1 Å². The SMILES string of the molecule is CC(C(=O)N1CCC(Cc2ccccc2)CC1)N1CCC(c2nnc3ccccn23)CC1. The molecule has 2 fully saturated rings. The third-order valence-corrected chi connectivity index (χ3v) is 7.43. The van der Waals surface area contributed by atoms with Crippen molar-refractivity contribution in [2.24, 2.45) is 5.92 Å². The Kier molecular flexibility index (Phi) is 6.21. The Morgan fingerprint density at radius 1 is 0.938 bits per heavy atom. The Morgan fingerprint density at radius 2 is 1.66 bits per heavy atom. The van der Waals surface area contributed by atoms with Crippen molar-refractivity contribution in [2.45, 2.75) is 51.0 Å². The Morgan fingerprint density at radius 3 is 2.41 bits per heavy atom. The quantitative estimate of drug-likeness (QED) is 0.617. The first-order valence-electron chi connectivity index (χ1n) is 12.1. The second-order valence-corrected chi connectivity index (χ2v) is 9.43. The number of pyridine rings is 1. The van der Waals surface area contributed by atoms with Gasteiger partial charge in [-0.05, 0) is 75.7 Å². The highest BCUT2D eigenvalue weighted by molar-refractivity contribution is 5.81. The van der Waals surface area contributed by atoms with Crippen LogP contribution in [-0.2, 0) is 11.2 Å². The summed E-state index contributed by atoms with van der Waals surface area (Å²) in [5, 5.41) is 8.76. The van der Waals surface area contributed by atoms with Crippen molar-refractivity contribution in [3.05, 3.63) is 66.1 Å². The number of amides is 1. The molecule has 2 aliphatic rings. The van der Waals surface area contributed by atoms with Crippen LogP contribution in [-0.4, -0.2) is 62.5 Å². The summed E-state index contributed by atoms with van der Waals surface area (Å²) < 4.78 is 2.11. The molecule has 0 saturated carbocycles. The van der Waals surface area contributed by atoms with E-state index in [1.807, 2.05) is 24.4 Å². The van der Waals surface area contributed by atoms with Crippen LogP contribution in [0.15, 0.2) is 54.7 Å². The predicted octanol–water partition coefficient (Wildman–Crippen LogP) is 3.78. The zero-order valence-corrected chi connectivity index (χ0v) is 18.9. The summed E-state index contributed by atoms with van der Waals surface area (Å²) in [7, 11) is 0. The van der Waals surface area contributed by atoms with Crippen molar-refractivity contribution in [1.29, 1.82) is 0 Å². The van der Waals surface area contributed by atoms with E-state index >= 15 is 0 Å². The zero-order chi connectivity index (χ0) is 21.9. The molecule has 3 aromatic rings. The van der Waals surface area contributed by atoms with Gasteiger partial charge in [0.2, 0.25) is 5.91 Å². The van der Waals surface area contributed by atoms with Gasteiger partial charge in [0.25, 0.3) is 0 Å². The molecule has 1 aromatic carbocycles. The van der Waals surface area contributed by atoms with E-state index in [1.54, 1.807) is 0 Å². The molecule has 6 nitrogen and oxygen atoms in total. The van der Waals surface area contributed by atoms with Crippen molar-refractivity contribution in [2.75, 3.05) is 26.2 Å². The molecule has 1 amide bonds. The van der Waals surface area contributed by atoms with E-state index < -0.39 is 0 Å². The second-order valence-electron chi connectivity index (χ2n) is 9.43. The lowest BCUT2D eigenvalue weighted by atomic mass is 9.90. The molecule has 2 aliphatic heterocycles. The van der Waals surface area contributed by atoms with Crippen molar-refractivity contribution in [3.8, 4) is 0 Å². The van der Waals surface area contributed by atoms with Crippen LogP contribution in [0.2, 0.25) is 0 Å². The van der Waals surface area contributed by atoms with Gasteiger partial charge in [-0.1, -0.05) is 36.4 Å². The maximum absolute atomic E-state index is 13.2. The highest BCUT2D eigenvalue weighted by atomic mass is 16.2. The average Bonchev–Trinajstić information content (AvgIpc) is 3.29. The number of hydrogen-bond acceptors (Lipinski definition) is 4. The van der Waals surface area contributed by atoms with Gasteiger partial charge in [-0.2, -0.15) is 0 Å². The maximum atomic E-state index is 13.2. The summed E-state index contributed by atoms with van der Waals surface area (Å²) in [5.41, 5.74) is 2.32. The number of benzene rings is 1. The number of aromatic nitrogens is 3. The van der Waals surface area contributed by atoms with Gasteiger partial charge in [0.05, 0.1) is 6.04 Å². The molecule has 1 unspecified atom stereocenters. The lowest BCUT2D eigenvalue weighted by Crippen LogP contribution is -2.51. The molecule has 0 bridgehead atoms. The fourth-order valence-corrected chi connectivity index (χ4v) is 5.41. The Balaban J connectivity index is 1.12. The molecule has 0 aliphatic carbocycles. The molecule has 168 valence electrons. The first-order valence-corrected chi connectivity index (χ1v) is 12.1. The summed E-state index contributed by atoms with van der Waals surface area (Å²) in [6.07, 6.45) is 7.43. The number of hydrogen-bond donors (Lipinski definition) is 0. The molecule has 0 spiro atoms. The van der Waals surface area contributed by atoms with Crippen molar-refractivity contribution in [1.82, 2.24) is 24.4 Å². The van der Waals surface area contributed by atoms with E-state index in [4.69, 9.17) is 0 Å². The molecule has 0 N–H and O–H groups in total. The molecule has 0 radical (unpaired) electrons. The molecule has 5 rings (SSSR count). The second kappa shape index (κ2) is 9.41. The van der Waals surface area contributed by atoms with Gasteiger partial charge in [0, 0.05) is 25.2 Å². The topological polar surface area (TPSA) is 53.7 Å². The van der Waals surface area contributed by atoms with Crippen LogP contribution >= 0.6 is 0 Å². The van der Waals surface area contributed by atoms with Gasteiger partial charge in [-0.15, -0.1) is 10.2 Å². The molecule has 6 heteroatoms. The van der Waals surface area contributed by atoms with E-state index in [0.717, 1.165) is 69.8 Å². The normalized spacial score (nSPS) is 20.0. The smallest absolute Gasteiger partial charge is 0.239 e. The lowest BCUT2D eigenvalue weighted by Gasteiger charge is -2.39. The first kappa shape index (κ1) is 21.1. The number of piperidine rings is 2. The van der Waals surface area contributed by atoms with Crippen molar-refractivity contribution >= 4 is 11.6 Å². The molecule has 32 heavy (non-hydrogen) atoms. The Labute approximate surface area is 190 Å². The minimum atomic E-state index is -0.0447. The van der Waals surface area contributed by atoms with Crippen LogP contribution in [0.25, 0.3) is 5.65 Å². The Bertz CT molecular complexity index is 1030. The first-order chi connectivity index (χ1) is 15.7. The number of carbonyl (C=O) groups excluding carboxylic acids is 1. The monoisotopic (exact) mass is 431 g/mol. The van der Waals surface area contributed by atoms with Crippen LogP contribution in [0.1, 0.15) is 49.9 Å². The number of nitrogens with zero attached hydrogens (tertiary/aromatic N) is 5. The predicted molar refractivity (Wildman–Crippen MR) is 125 cm³/mol. The lowest BCUT2D eigenvalue weighted by molar-refractivity contribution is -0.138. The highest BCUT2D eigenvalue weighted by Gasteiger charge is 2.32. The third kappa shape index (κ3) is 4.42. The van der Waals surface area contributed by atoms with Crippen molar-refractivity contribution in [3.63, 3.8) is 0 Å². The number of fused-ring (bicyclic) bond motifs is 1. The fourth-order valence-electron chi connectivity index (χ4n) is 5.41. The number of carbonyl (C=O) groups is 1. The van der Waals surface area contributed by atoms with E-state index in [2.05, 4.69) is 61.7 Å². The van der Waals surface area contributed by atoms with E-state index in [1.165, 1.54) is 5.56 Å². The minimum absolute atomic E-state index is 0.0447.